The van der Waals surface area contributed by atoms with Crippen LogP contribution in [0.2, 0.25) is 0 Å². The topological polar surface area (TPSA) is 44.1 Å². The molecule has 0 aliphatic carbocycles. The van der Waals surface area contributed by atoms with Crippen molar-refractivity contribution >= 4 is 18.4 Å². The van der Waals surface area contributed by atoms with E-state index in [0.717, 1.165) is 17.0 Å². The monoisotopic (exact) mass is 396 g/mol. The van der Waals surface area contributed by atoms with Crippen molar-refractivity contribution in [1.82, 2.24) is 9.55 Å². The SMILES string of the molecule is CC(C)c1nccn1C[C@@H]1CC(c2ccccc2)(c2ccccc2)C(=O)O1.Cl. The van der Waals surface area contributed by atoms with Gasteiger partial charge in [0.15, 0.2) is 0 Å². The number of rotatable bonds is 5. The molecule has 1 fully saturated rings. The van der Waals surface area contributed by atoms with Crippen LogP contribution in [0.25, 0.3) is 0 Å². The van der Waals surface area contributed by atoms with Gasteiger partial charge in [-0.3, -0.25) is 4.79 Å². The van der Waals surface area contributed by atoms with Gasteiger partial charge >= 0.3 is 5.97 Å². The molecule has 1 saturated heterocycles. The largest absolute Gasteiger partial charge is 0.459 e. The Labute approximate surface area is 172 Å². The van der Waals surface area contributed by atoms with E-state index in [0.29, 0.717) is 18.9 Å². The van der Waals surface area contributed by atoms with E-state index in [1.165, 1.54) is 0 Å². The number of nitrogens with zero attached hydrogens (tertiary/aromatic N) is 2. The van der Waals surface area contributed by atoms with Gasteiger partial charge in [-0.05, 0) is 11.1 Å². The molecule has 0 radical (unpaired) electrons. The van der Waals surface area contributed by atoms with E-state index in [1.807, 2.05) is 73.1 Å². The van der Waals surface area contributed by atoms with Crippen LogP contribution < -0.4 is 0 Å². The quantitative estimate of drug-likeness (QED) is 0.585. The summed E-state index contributed by atoms with van der Waals surface area (Å²) in [5.74, 6) is 1.17. The highest BCUT2D eigenvalue weighted by atomic mass is 35.5. The lowest BCUT2D eigenvalue weighted by Crippen LogP contribution is -2.33. The molecule has 3 aromatic rings. The summed E-state index contributed by atoms with van der Waals surface area (Å²) in [7, 11) is 0. The second-order valence-electron chi connectivity index (χ2n) is 7.46. The van der Waals surface area contributed by atoms with Gasteiger partial charge in [0.25, 0.3) is 0 Å². The lowest BCUT2D eigenvalue weighted by atomic mass is 9.72. The molecule has 4 rings (SSSR count). The number of aromatic nitrogens is 2. The van der Waals surface area contributed by atoms with Crippen molar-refractivity contribution in [1.29, 1.82) is 0 Å². The molecule has 1 atom stereocenters. The predicted molar refractivity (Wildman–Crippen MR) is 112 cm³/mol. The summed E-state index contributed by atoms with van der Waals surface area (Å²) in [4.78, 5) is 17.7. The first-order valence-corrected chi connectivity index (χ1v) is 9.44. The van der Waals surface area contributed by atoms with E-state index in [2.05, 4.69) is 23.4 Å². The van der Waals surface area contributed by atoms with Crippen LogP contribution in [0.15, 0.2) is 73.1 Å². The zero-order valence-corrected chi connectivity index (χ0v) is 16.9. The van der Waals surface area contributed by atoms with Crippen LogP contribution in [-0.2, 0) is 21.5 Å². The van der Waals surface area contributed by atoms with E-state index in [9.17, 15) is 4.79 Å². The molecule has 0 spiro atoms. The van der Waals surface area contributed by atoms with Gasteiger partial charge in [-0.15, -0.1) is 12.4 Å². The number of hydrogen-bond acceptors (Lipinski definition) is 3. The standard InChI is InChI=1S/C23H24N2O2.ClH/c1-17(2)21-24-13-14-25(21)16-20-15-23(22(26)27-20,18-9-5-3-6-10-18)19-11-7-4-8-12-19;/h3-14,17,20H,15-16H2,1-2H3;1H/t20-;/m0./s1. The number of carbonyl (C=O) groups excluding carboxylic acids is 1. The highest BCUT2D eigenvalue weighted by Crippen LogP contribution is 2.43. The first-order valence-electron chi connectivity index (χ1n) is 9.44. The van der Waals surface area contributed by atoms with Gasteiger partial charge < -0.3 is 9.30 Å². The third-order valence-corrected chi connectivity index (χ3v) is 5.35. The normalized spacial score (nSPS) is 18.0. The van der Waals surface area contributed by atoms with Gasteiger partial charge in [0.05, 0.1) is 6.54 Å². The van der Waals surface area contributed by atoms with E-state index < -0.39 is 5.41 Å². The highest BCUT2D eigenvalue weighted by molar-refractivity contribution is 5.89. The highest BCUT2D eigenvalue weighted by Gasteiger charge is 2.51. The molecule has 2 aromatic carbocycles. The summed E-state index contributed by atoms with van der Waals surface area (Å²) >= 11 is 0. The van der Waals surface area contributed by atoms with Crippen molar-refractivity contribution in [2.24, 2.45) is 0 Å². The molecule has 5 heteroatoms. The number of benzene rings is 2. The summed E-state index contributed by atoms with van der Waals surface area (Å²) in [6.07, 6.45) is 4.21. The molecule has 0 N–H and O–H groups in total. The maximum Gasteiger partial charge on any atom is 0.321 e. The van der Waals surface area contributed by atoms with E-state index in [-0.39, 0.29) is 24.5 Å². The van der Waals surface area contributed by atoms with Gasteiger partial charge in [0.2, 0.25) is 0 Å². The molecule has 1 aromatic heterocycles. The second kappa shape index (κ2) is 8.19. The second-order valence-corrected chi connectivity index (χ2v) is 7.46. The number of halogens is 1. The maximum atomic E-state index is 13.2. The Morgan fingerprint density at radius 3 is 2.18 bits per heavy atom. The molecule has 1 aliphatic heterocycles. The van der Waals surface area contributed by atoms with Crippen LogP contribution in [0.5, 0.6) is 0 Å². The Kier molecular flexibility index (Phi) is 5.90. The van der Waals surface area contributed by atoms with Crippen LogP contribution in [0, 0.1) is 0 Å². The van der Waals surface area contributed by atoms with Gasteiger partial charge in [-0.2, -0.15) is 0 Å². The van der Waals surface area contributed by atoms with Crippen molar-refractivity contribution in [3.8, 4) is 0 Å². The molecule has 146 valence electrons. The van der Waals surface area contributed by atoms with Gasteiger partial charge in [-0.25, -0.2) is 4.98 Å². The van der Waals surface area contributed by atoms with Crippen LogP contribution in [0.1, 0.15) is 43.1 Å². The van der Waals surface area contributed by atoms with E-state index in [1.54, 1.807) is 0 Å². The lowest BCUT2D eigenvalue weighted by molar-refractivity contribution is -0.145. The molecule has 1 aliphatic rings. The number of hydrogen-bond donors (Lipinski definition) is 0. The molecule has 2 heterocycles. The molecule has 0 amide bonds. The number of esters is 1. The van der Waals surface area contributed by atoms with Crippen LogP contribution in [0.3, 0.4) is 0 Å². The summed E-state index contributed by atoms with van der Waals surface area (Å²) < 4.78 is 8.01. The maximum absolute atomic E-state index is 13.2. The van der Waals surface area contributed by atoms with Crippen molar-refractivity contribution < 1.29 is 9.53 Å². The third kappa shape index (κ3) is 3.45. The molecule has 28 heavy (non-hydrogen) atoms. The number of ether oxygens (including phenoxy) is 1. The smallest absolute Gasteiger partial charge is 0.321 e. The minimum atomic E-state index is -0.758. The first kappa shape index (κ1) is 20.2. The number of imidazole rings is 1. The van der Waals surface area contributed by atoms with Crippen molar-refractivity contribution in [2.45, 2.75) is 44.2 Å². The molecule has 0 bridgehead atoms. The van der Waals surface area contributed by atoms with Gasteiger partial charge in [0.1, 0.15) is 17.3 Å². The van der Waals surface area contributed by atoms with Crippen molar-refractivity contribution in [3.63, 3.8) is 0 Å². The molecule has 4 nitrogen and oxygen atoms in total. The van der Waals surface area contributed by atoms with Crippen molar-refractivity contribution in [3.05, 3.63) is 90.0 Å². The van der Waals surface area contributed by atoms with Gasteiger partial charge in [-0.1, -0.05) is 74.5 Å². The van der Waals surface area contributed by atoms with E-state index >= 15 is 0 Å². The zero-order chi connectivity index (χ0) is 18.9. The summed E-state index contributed by atoms with van der Waals surface area (Å²) in [6.45, 7) is 4.87. The summed E-state index contributed by atoms with van der Waals surface area (Å²) in [5.41, 5.74) is 1.21. The fourth-order valence-electron chi connectivity index (χ4n) is 4.10. The average molecular weight is 397 g/mol. The lowest BCUT2D eigenvalue weighted by Gasteiger charge is -2.26. The zero-order valence-electron chi connectivity index (χ0n) is 16.1. The molecular formula is C23H25ClN2O2. The predicted octanol–water partition coefficient (Wildman–Crippen LogP) is 4.73. The van der Waals surface area contributed by atoms with E-state index in [4.69, 9.17) is 4.74 Å². The Bertz CT molecular complexity index is 883. The molecule has 0 unspecified atom stereocenters. The Balaban J connectivity index is 0.00000225. The minimum Gasteiger partial charge on any atom is -0.459 e. The Morgan fingerprint density at radius 2 is 1.64 bits per heavy atom. The third-order valence-electron chi connectivity index (χ3n) is 5.35. The number of carbonyl (C=O) groups is 1. The summed E-state index contributed by atoms with van der Waals surface area (Å²) in [6, 6.07) is 19.9. The first-order chi connectivity index (χ1) is 13.1. The summed E-state index contributed by atoms with van der Waals surface area (Å²) in [5, 5.41) is 0. The van der Waals surface area contributed by atoms with Crippen LogP contribution in [-0.4, -0.2) is 21.6 Å². The van der Waals surface area contributed by atoms with Crippen LogP contribution in [0.4, 0.5) is 0 Å². The fourth-order valence-corrected chi connectivity index (χ4v) is 4.10. The number of cyclic esters (lactones) is 1. The average Bonchev–Trinajstić information content (AvgIpc) is 3.28. The fraction of sp³-hybridized carbons (Fsp3) is 0.304. The minimum absolute atomic E-state index is 0. The molecule has 0 saturated carbocycles. The molecular weight excluding hydrogens is 372 g/mol. The Hall–Kier alpha value is -2.59. The van der Waals surface area contributed by atoms with Gasteiger partial charge in [0, 0.05) is 24.7 Å². The Morgan fingerprint density at radius 1 is 1.07 bits per heavy atom. The van der Waals surface area contributed by atoms with Crippen molar-refractivity contribution in [2.75, 3.05) is 0 Å². The van der Waals surface area contributed by atoms with Crippen LogP contribution >= 0.6 is 12.4 Å².